The van der Waals surface area contributed by atoms with Crippen LogP contribution >= 0.6 is 0 Å². The lowest BCUT2D eigenvalue weighted by atomic mass is 10.0. The smallest absolute Gasteiger partial charge is 0.238 e. The predicted molar refractivity (Wildman–Crippen MR) is 103 cm³/mol. The van der Waals surface area contributed by atoms with Crippen molar-refractivity contribution in [3.8, 4) is 11.1 Å². The third-order valence-electron chi connectivity index (χ3n) is 4.15. The molecule has 0 bridgehead atoms. The molecule has 0 aliphatic rings. The van der Waals surface area contributed by atoms with Crippen molar-refractivity contribution in [2.24, 2.45) is 0 Å². The standard InChI is InChI=1S/C22H22N2O/c1-17(18-10-4-2-5-11-18)23-16-22(25)24-21-15-9-8-14-20(21)19-12-6-3-7-13-19/h2-15,17,23H,16H2,1H3,(H,24,25)/t17-/m1/s1. The Kier molecular flexibility index (Phi) is 5.60. The Labute approximate surface area is 148 Å². The van der Waals surface area contributed by atoms with E-state index in [4.69, 9.17) is 0 Å². The molecule has 3 nitrogen and oxygen atoms in total. The van der Waals surface area contributed by atoms with Gasteiger partial charge in [0.25, 0.3) is 0 Å². The van der Waals surface area contributed by atoms with E-state index in [9.17, 15) is 4.79 Å². The Morgan fingerprint density at radius 1 is 0.840 bits per heavy atom. The normalized spacial score (nSPS) is 11.7. The van der Waals surface area contributed by atoms with Crippen LogP contribution in [-0.2, 0) is 4.79 Å². The Morgan fingerprint density at radius 2 is 1.44 bits per heavy atom. The molecule has 0 saturated carbocycles. The molecule has 0 aliphatic heterocycles. The van der Waals surface area contributed by atoms with Crippen LogP contribution in [0.4, 0.5) is 5.69 Å². The zero-order valence-corrected chi connectivity index (χ0v) is 14.3. The first kappa shape index (κ1) is 16.9. The van der Waals surface area contributed by atoms with Crippen LogP contribution in [0.3, 0.4) is 0 Å². The topological polar surface area (TPSA) is 41.1 Å². The number of benzene rings is 3. The van der Waals surface area contributed by atoms with Gasteiger partial charge >= 0.3 is 0 Å². The lowest BCUT2D eigenvalue weighted by Gasteiger charge is -2.15. The number of hydrogen-bond acceptors (Lipinski definition) is 2. The number of hydrogen-bond donors (Lipinski definition) is 2. The fraction of sp³-hybridized carbons (Fsp3) is 0.136. The van der Waals surface area contributed by atoms with Gasteiger partial charge in [-0.05, 0) is 24.1 Å². The van der Waals surface area contributed by atoms with Crippen LogP contribution in [0.15, 0.2) is 84.9 Å². The van der Waals surface area contributed by atoms with E-state index in [1.54, 1.807) is 0 Å². The van der Waals surface area contributed by atoms with Gasteiger partial charge in [-0.15, -0.1) is 0 Å². The van der Waals surface area contributed by atoms with E-state index in [1.807, 2.05) is 72.8 Å². The minimum Gasteiger partial charge on any atom is -0.324 e. The summed E-state index contributed by atoms with van der Waals surface area (Å²) in [7, 11) is 0. The van der Waals surface area contributed by atoms with Crippen LogP contribution in [-0.4, -0.2) is 12.5 Å². The van der Waals surface area contributed by atoms with Crippen molar-refractivity contribution in [1.82, 2.24) is 5.32 Å². The molecule has 0 aromatic heterocycles. The van der Waals surface area contributed by atoms with E-state index in [2.05, 4.69) is 29.7 Å². The molecule has 3 heteroatoms. The maximum atomic E-state index is 12.4. The maximum Gasteiger partial charge on any atom is 0.238 e. The van der Waals surface area contributed by atoms with Gasteiger partial charge < -0.3 is 10.6 Å². The Bertz CT molecular complexity index is 816. The molecule has 25 heavy (non-hydrogen) atoms. The van der Waals surface area contributed by atoms with E-state index in [0.29, 0.717) is 0 Å². The second kappa shape index (κ2) is 8.27. The summed E-state index contributed by atoms with van der Waals surface area (Å²) in [4.78, 5) is 12.4. The van der Waals surface area contributed by atoms with Gasteiger partial charge in [0.05, 0.1) is 6.54 Å². The zero-order valence-electron chi connectivity index (χ0n) is 14.3. The van der Waals surface area contributed by atoms with E-state index < -0.39 is 0 Å². The molecular formula is C22H22N2O. The maximum absolute atomic E-state index is 12.4. The fourth-order valence-electron chi connectivity index (χ4n) is 2.76. The number of nitrogens with one attached hydrogen (secondary N) is 2. The van der Waals surface area contributed by atoms with Gasteiger partial charge in [0, 0.05) is 17.3 Å². The summed E-state index contributed by atoms with van der Waals surface area (Å²) in [5.41, 5.74) is 4.10. The average Bonchev–Trinajstić information content (AvgIpc) is 2.68. The first-order valence-electron chi connectivity index (χ1n) is 8.46. The van der Waals surface area contributed by atoms with Gasteiger partial charge in [0.15, 0.2) is 0 Å². The van der Waals surface area contributed by atoms with Crippen LogP contribution in [0.1, 0.15) is 18.5 Å². The zero-order chi connectivity index (χ0) is 17.5. The molecule has 1 amide bonds. The van der Waals surface area contributed by atoms with Crippen LogP contribution < -0.4 is 10.6 Å². The van der Waals surface area contributed by atoms with Gasteiger partial charge in [-0.25, -0.2) is 0 Å². The molecule has 0 unspecified atom stereocenters. The molecule has 0 heterocycles. The second-order valence-corrected chi connectivity index (χ2v) is 5.97. The first-order valence-corrected chi connectivity index (χ1v) is 8.46. The molecular weight excluding hydrogens is 308 g/mol. The van der Waals surface area contributed by atoms with Crippen molar-refractivity contribution in [3.63, 3.8) is 0 Å². The average molecular weight is 330 g/mol. The number of amides is 1. The number of rotatable bonds is 6. The largest absolute Gasteiger partial charge is 0.324 e. The van der Waals surface area contributed by atoms with Gasteiger partial charge in [-0.3, -0.25) is 4.79 Å². The number of carbonyl (C=O) groups is 1. The van der Waals surface area contributed by atoms with Crippen molar-refractivity contribution in [1.29, 1.82) is 0 Å². The Hall–Kier alpha value is -2.91. The predicted octanol–water partition coefficient (Wildman–Crippen LogP) is 4.64. The summed E-state index contributed by atoms with van der Waals surface area (Å²) < 4.78 is 0. The highest BCUT2D eigenvalue weighted by Gasteiger charge is 2.10. The SMILES string of the molecule is C[C@@H](NCC(=O)Nc1ccccc1-c1ccccc1)c1ccccc1. The molecule has 126 valence electrons. The molecule has 2 N–H and O–H groups in total. The minimum atomic E-state index is -0.0498. The van der Waals surface area contributed by atoms with Crippen molar-refractivity contribution >= 4 is 11.6 Å². The molecule has 0 fully saturated rings. The highest BCUT2D eigenvalue weighted by atomic mass is 16.1. The summed E-state index contributed by atoms with van der Waals surface area (Å²) in [5, 5.41) is 6.28. The van der Waals surface area contributed by atoms with Gasteiger partial charge in [0.2, 0.25) is 5.91 Å². The summed E-state index contributed by atoms with van der Waals surface area (Å²) >= 11 is 0. The molecule has 3 aromatic rings. The quantitative estimate of drug-likeness (QED) is 0.691. The van der Waals surface area contributed by atoms with Crippen LogP contribution in [0.5, 0.6) is 0 Å². The lowest BCUT2D eigenvalue weighted by molar-refractivity contribution is -0.115. The summed E-state index contributed by atoms with van der Waals surface area (Å²) in [5.74, 6) is -0.0498. The molecule has 0 spiro atoms. The molecule has 1 atom stereocenters. The second-order valence-electron chi connectivity index (χ2n) is 5.97. The van der Waals surface area contributed by atoms with Crippen molar-refractivity contribution in [2.45, 2.75) is 13.0 Å². The fourth-order valence-corrected chi connectivity index (χ4v) is 2.76. The monoisotopic (exact) mass is 330 g/mol. The molecule has 3 rings (SSSR count). The van der Waals surface area contributed by atoms with E-state index in [1.165, 1.54) is 5.56 Å². The van der Waals surface area contributed by atoms with Crippen LogP contribution in [0, 0.1) is 0 Å². The number of carbonyl (C=O) groups excluding carboxylic acids is 1. The third-order valence-corrected chi connectivity index (χ3v) is 4.15. The molecule has 3 aromatic carbocycles. The highest BCUT2D eigenvalue weighted by Crippen LogP contribution is 2.27. The summed E-state index contributed by atoms with van der Waals surface area (Å²) in [6.07, 6.45) is 0. The first-order chi connectivity index (χ1) is 12.2. The van der Waals surface area contributed by atoms with Crippen molar-refractivity contribution < 1.29 is 4.79 Å². The van der Waals surface area contributed by atoms with Gasteiger partial charge in [-0.2, -0.15) is 0 Å². The Morgan fingerprint density at radius 3 is 2.16 bits per heavy atom. The minimum absolute atomic E-state index is 0.0498. The lowest BCUT2D eigenvalue weighted by Crippen LogP contribution is -2.30. The van der Waals surface area contributed by atoms with Gasteiger partial charge in [0.1, 0.15) is 0 Å². The Balaban J connectivity index is 1.64. The van der Waals surface area contributed by atoms with Crippen LogP contribution in [0.2, 0.25) is 0 Å². The van der Waals surface area contributed by atoms with E-state index in [0.717, 1.165) is 16.8 Å². The van der Waals surface area contributed by atoms with Crippen molar-refractivity contribution in [2.75, 3.05) is 11.9 Å². The number of para-hydroxylation sites is 1. The molecule has 0 aliphatic carbocycles. The summed E-state index contributed by atoms with van der Waals surface area (Å²) in [6, 6.07) is 28.2. The van der Waals surface area contributed by atoms with E-state index in [-0.39, 0.29) is 18.5 Å². The highest BCUT2D eigenvalue weighted by molar-refractivity contribution is 5.96. The van der Waals surface area contributed by atoms with Gasteiger partial charge in [-0.1, -0.05) is 78.9 Å². The third kappa shape index (κ3) is 4.55. The van der Waals surface area contributed by atoms with Crippen molar-refractivity contribution in [3.05, 3.63) is 90.5 Å². The summed E-state index contributed by atoms with van der Waals surface area (Å²) in [6.45, 7) is 2.32. The molecule has 0 radical (unpaired) electrons. The van der Waals surface area contributed by atoms with E-state index >= 15 is 0 Å². The molecule has 0 saturated heterocycles. The van der Waals surface area contributed by atoms with Crippen LogP contribution in [0.25, 0.3) is 11.1 Å². The number of anilines is 1.